The van der Waals surface area contributed by atoms with Gasteiger partial charge in [-0.25, -0.2) is 0 Å². The van der Waals surface area contributed by atoms with Gasteiger partial charge in [0.2, 0.25) is 5.88 Å². The molecule has 0 unspecified atom stereocenters. The Bertz CT molecular complexity index is 868. The summed E-state index contributed by atoms with van der Waals surface area (Å²) in [7, 11) is 0. The molecule has 8 heteroatoms. The van der Waals surface area contributed by atoms with Crippen molar-refractivity contribution in [1.82, 2.24) is 15.5 Å². The Morgan fingerprint density at radius 1 is 0.966 bits per heavy atom. The molecule has 0 atom stereocenters. The second kappa shape index (κ2) is 11.0. The summed E-state index contributed by atoms with van der Waals surface area (Å²) in [6, 6.07) is 14.8. The average Bonchev–Trinajstić information content (AvgIpc) is 3.30. The topological polar surface area (TPSA) is 82.6 Å². The number of benzene rings is 1. The molecule has 29 heavy (non-hydrogen) atoms. The lowest BCUT2D eigenvalue weighted by atomic mass is 10.3. The summed E-state index contributed by atoms with van der Waals surface area (Å²) in [6.07, 6.45) is 0.954. The lowest BCUT2D eigenvalue weighted by molar-refractivity contribution is -0.123. The number of amides is 1. The fraction of sp³-hybridized carbons (Fsp3) is 0.286. The number of rotatable bonds is 11. The molecular formula is C21H23N3O4S. The molecule has 0 aliphatic rings. The van der Waals surface area contributed by atoms with E-state index in [1.54, 1.807) is 29.5 Å². The van der Waals surface area contributed by atoms with Gasteiger partial charge in [-0.05, 0) is 48.2 Å². The van der Waals surface area contributed by atoms with E-state index in [4.69, 9.17) is 14.2 Å². The third-order valence-electron chi connectivity index (χ3n) is 3.75. The van der Waals surface area contributed by atoms with E-state index in [1.807, 2.05) is 35.7 Å². The lowest BCUT2D eigenvalue weighted by Crippen LogP contribution is -2.32. The number of carbonyl (C=O) groups is 1. The molecule has 0 saturated carbocycles. The molecule has 0 saturated heterocycles. The van der Waals surface area contributed by atoms with Gasteiger partial charge in [0.15, 0.2) is 6.61 Å². The zero-order valence-electron chi connectivity index (χ0n) is 16.2. The van der Waals surface area contributed by atoms with Crippen LogP contribution in [-0.4, -0.2) is 42.5 Å². The highest BCUT2D eigenvalue weighted by Crippen LogP contribution is 2.22. The summed E-state index contributed by atoms with van der Waals surface area (Å²) < 4.78 is 16.5. The van der Waals surface area contributed by atoms with Crippen LogP contribution >= 0.6 is 11.3 Å². The highest BCUT2D eigenvalue weighted by Gasteiger charge is 2.05. The Balaban J connectivity index is 1.31. The smallest absolute Gasteiger partial charge is 0.258 e. The molecule has 0 spiro atoms. The first-order chi connectivity index (χ1) is 14.2. The van der Waals surface area contributed by atoms with Crippen LogP contribution in [0.3, 0.4) is 0 Å². The van der Waals surface area contributed by atoms with Crippen LogP contribution in [0, 0.1) is 0 Å². The number of hydrogen-bond acceptors (Lipinski definition) is 7. The van der Waals surface area contributed by atoms with E-state index >= 15 is 0 Å². The summed E-state index contributed by atoms with van der Waals surface area (Å²) in [5, 5.41) is 12.9. The third-order valence-corrected chi connectivity index (χ3v) is 4.65. The maximum Gasteiger partial charge on any atom is 0.258 e. The quantitative estimate of drug-likeness (QED) is 0.484. The molecule has 0 radical (unpaired) electrons. The van der Waals surface area contributed by atoms with E-state index in [9.17, 15) is 4.79 Å². The Labute approximate surface area is 173 Å². The molecule has 3 rings (SSSR count). The normalized spacial score (nSPS) is 10.4. The number of nitrogens with one attached hydrogen (secondary N) is 1. The number of thiophene rings is 1. The second-order valence-electron chi connectivity index (χ2n) is 6.04. The van der Waals surface area contributed by atoms with Crippen LogP contribution in [-0.2, 0) is 4.79 Å². The number of carbonyl (C=O) groups excluding carboxylic acids is 1. The highest BCUT2D eigenvalue weighted by atomic mass is 32.1. The van der Waals surface area contributed by atoms with Crippen LogP contribution in [0.1, 0.15) is 13.3 Å². The molecule has 3 aromatic rings. The summed E-state index contributed by atoms with van der Waals surface area (Å²) in [5.41, 5.74) is 0.808. The molecule has 0 bridgehead atoms. The highest BCUT2D eigenvalue weighted by molar-refractivity contribution is 7.13. The number of ether oxygens (including phenoxy) is 3. The van der Waals surface area contributed by atoms with Crippen molar-refractivity contribution in [3.8, 4) is 28.0 Å². The summed E-state index contributed by atoms with van der Waals surface area (Å²) in [5.74, 6) is 1.59. The fourth-order valence-corrected chi connectivity index (χ4v) is 3.04. The van der Waals surface area contributed by atoms with Crippen LogP contribution in [0.4, 0.5) is 0 Å². The van der Waals surface area contributed by atoms with Crippen molar-refractivity contribution in [2.45, 2.75) is 13.3 Å². The van der Waals surface area contributed by atoms with Crippen molar-refractivity contribution in [2.75, 3.05) is 26.4 Å². The van der Waals surface area contributed by atoms with E-state index in [-0.39, 0.29) is 12.5 Å². The standard InChI is InChI=1S/C21H23N3O4S/c1-2-12-26-16-5-7-17(8-6-16)28-15-20(25)22-11-13-27-21-10-9-18(23-24-21)19-4-3-14-29-19/h3-10,14H,2,11-13,15H2,1H3,(H,22,25). The Morgan fingerprint density at radius 2 is 1.76 bits per heavy atom. The molecule has 0 aliphatic carbocycles. The number of aromatic nitrogens is 2. The zero-order chi connectivity index (χ0) is 20.3. The Kier molecular flexibility index (Phi) is 7.82. The van der Waals surface area contributed by atoms with E-state index in [0.29, 0.717) is 31.4 Å². The van der Waals surface area contributed by atoms with Crippen LogP contribution in [0.15, 0.2) is 53.9 Å². The molecular weight excluding hydrogens is 390 g/mol. The van der Waals surface area contributed by atoms with E-state index in [0.717, 1.165) is 22.7 Å². The number of nitrogens with zero attached hydrogens (tertiary/aromatic N) is 2. The summed E-state index contributed by atoms with van der Waals surface area (Å²) >= 11 is 1.60. The molecule has 1 aromatic carbocycles. The van der Waals surface area contributed by atoms with Crippen molar-refractivity contribution in [2.24, 2.45) is 0 Å². The minimum absolute atomic E-state index is 0.0650. The van der Waals surface area contributed by atoms with E-state index in [2.05, 4.69) is 22.4 Å². The minimum Gasteiger partial charge on any atom is -0.494 e. The van der Waals surface area contributed by atoms with Crippen LogP contribution < -0.4 is 19.5 Å². The van der Waals surface area contributed by atoms with Gasteiger partial charge in [0.1, 0.15) is 23.8 Å². The Hall–Kier alpha value is -3.13. The van der Waals surface area contributed by atoms with E-state index in [1.165, 1.54) is 0 Å². The van der Waals surface area contributed by atoms with Gasteiger partial charge in [0, 0.05) is 6.07 Å². The lowest BCUT2D eigenvalue weighted by Gasteiger charge is -2.09. The zero-order valence-corrected chi connectivity index (χ0v) is 17.0. The van der Waals surface area contributed by atoms with Crippen molar-refractivity contribution in [1.29, 1.82) is 0 Å². The van der Waals surface area contributed by atoms with Crippen molar-refractivity contribution in [3.05, 3.63) is 53.9 Å². The van der Waals surface area contributed by atoms with Gasteiger partial charge in [-0.3, -0.25) is 4.79 Å². The second-order valence-corrected chi connectivity index (χ2v) is 6.99. The van der Waals surface area contributed by atoms with Gasteiger partial charge in [-0.1, -0.05) is 13.0 Å². The van der Waals surface area contributed by atoms with Crippen molar-refractivity contribution >= 4 is 17.2 Å². The Morgan fingerprint density at radius 3 is 2.41 bits per heavy atom. The first-order valence-electron chi connectivity index (χ1n) is 9.37. The van der Waals surface area contributed by atoms with Crippen LogP contribution in [0.25, 0.3) is 10.6 Å². The van der Waals surface area contributed by atoms with Crippen molar-refractivity contribution in [3.63, 3.8) is 0 Å². The van der Waals surface area contributed by atoms with Crippen molar-refractivity contribution < 1.29 is 19.0 Å². The number of hydrogen-bond donors (Lipinski definition) is 1. The predicted octanol–water partition coefficient (Wildman–Crippen LogP) is 3.57. The fourth-order valence-electron chi connectivity index (χ4n) is 2.35. The first-order valence-corrected chi connectivity index (χ1v) is 10.3. The van der Waals surface area contributed by atoms with Gasteiger partial charge in [0.25, 0.3) is 5.91 Å². The molecule has 152 valence electrons. The predicted molar refractivity (Wildman–Crippen MR) is 112 cm³/mol. The van der Waals surface area contributed by atoms with Crippen LogP contribution in [0.5, 0.6) is 17.4 Å². The van der Waals surface area contributed by atoms with Gasteiger partial charge in [-0.2, -0.15) is 0 Å². The molecule has 2 aromatic heterocycles. The van der Waals surface area contributed by atoms with Gasteiger partial charge in [-0.15, -0.1) is 21.5 Å². The van der Waals surface area contributed by atoms with Gasteiger partial charge in [0.05, 0.1) is 18.0 Å². The maximum atomic E-state index is 11.9. The molecule has 0 fully saturated rings. The van der Waals surface area contributed by atoms with Gasteiger partial charge >= 0.3 is 0 Å². The third kappa shape index (κ3) is 6.76. The monoisotopic (exact) mass is 413 g/mol. The average molecular weight is 413 g/mol. The van der Waals surface area contributed by atoms with E-state index < -0.39 is 0 Å². The molecule has 7 nitrogen and oxygen atoms in total. The molecule has 1 amide bonds. The summed E-state index contributed by atoms with van der Waals surface area (Å²) in [4.78, 5) is 12.9. The largest absolute Gasteiger partial charge is 0.494 e. The molecule has 0 aliphatic heterocycles. The van der Waals surface area contributed by atoms with Gasteiger partial charge < -0.3 is 19.5 Å². The minimum atomic E-state index is -0.223. The maximum absolute atomic E-state index is 11.9. The first kappa shape index (κ1) is 20.6. The summed E-state index contributed by atoms with van der Waals surface area (Å²) in [6.45, 7) is 3.30. The molecule has 1 N–H and O–H groups in total. The SMILES string of the molecule is CCCOc1ccc(OCC(=O)NCCOc2ccc(-c3cccs3)nn2)cc1. The van der Waals surface area contributed by atoms with Crippen LogP contribution in [0.2, 0.25) is 0 Å². The molecule has 2 heterocycles.